The van der Waals surface area contributed by atoms with Gasteiger partial charge in [-0.2, -0.15) is 0 Å². The quantitative estimate of drug-likeness (QED) is 0.115. The highest BCUT2D eigenvalue weighted by Gasteiger charge is 2.73. The van der Waals surface area contributed by atoms with Crippen LogP contribution < -0.4 is 0 Å². The van der Waals surface area contributed by atoms with Gasteiger partial charge in [0.1, 0.15) is 5.78 Å². The molecule has 0 radical (unpaired) electrons. The van der Waals surface area contributed by atoms with Crippen molar-refractivity contribution in [3.05, 3.63) is 11.6 Å². The van der Waals surface area contributed by atoms with E-state index in [1.165, 1.54) is 12.7 Å². The number of imide groups is 1. The summed E-state index contributed by atoms with van der Waals surface area (Å²) in [5.74, 6) is 0.389. The lowest BCUT2D eigenvalue weighted by Gasteiger charge is -2.68. The number of hydrogen-bond acceptors (Lipinski definition) is 5. The third-order valence-corrected chi connectivity index (χ3v) is 12.2. The summed E-state index contributed by atoms with van der Waals surface area (Å²) in [5.41, 5.74) is 0.458. The van der Waals surface area contributed by atoms with E-state index in [-0.39, 0.29) is 69.9 Å². The maximum Gasteiger partial charge on any atom is 0.311 e. The molecule has 2 bridgehead atoms. The molecule has 1 heterocycles. The molecule has 3 saturated carbocycles. The van der Waals surface area contributed by atoms with Gasteiger partial charge in [0.2, 0.25) is 11.8 Å². The van der Waals surface area contributed by atoms with Crippen LogP contribution in [0.4, 0.5) is 0 Å². The van der Waals surface area contributed by atoms with E-state index in [2.05, 4.69) is 33.8 Å². The first-order chi connectivity index (χ1) is 18.5. The minimum atomic E-state index is -0.504. The van der Waals surface area contributed by atoms with Crippen molar-refractivity contribution in [2.75, 3.05) is 19.5 Å². The van der Waals surface area contributed by atoms with E-state index in [9.17, 15) is 19.2 Å². The van der Waals surface area contributed by atoms with E-state index in [0.717, 1.165) is 57.8 Å². The molecular weight excluding hydrogens is 514 g/mol. The zero-order chi connectivity index (χ0) is 28.3. The Bertz CT molecular complexity index is 1080. The van der Waals surface area contributed by atoms with Crippen molar-refractivity contribution in [2.45, 2.75) is 91.9 Å². The number of likely N-dealkylation sites (tertiary alicyclic amines) is 1. The number of hydrogen-bond donors (Lipinski definition) is 0. The lowest BCUT2D eigenvalue weighted by atomic mass is 9.34. The number of fused-ring (bicyclic) bond motifs is 1. The topological polar surface area (TPSA) is 80.8 Å². The van der Waals surface area contributed by atoms with Gasteiger partial charge in [-0.25, -0.2) is 0 Å². The second-order valence-corrected chi connectivity index (χ2v) is 14.2. The van der Waals surface area contributed by atoms with Crippen LogP contribution in [0.15, 0.2) is 11.6 Å². The van der Waals surface area contributed by atoms with Gasteiger partial charge in [0, 0.05) is 18.4 Å². The Labute approximate surface area is 238 Å². The van der Waals surface area contributed by atoms with Crippen molar-refractivity contribution in [3.63, 3.8) is 0 Å². The molecule has 216 valence electrons. The van der Waals surface area contributed by atoms with Gasteiger partial charge in [0.15, 0.2) is 0 Å². The number of esters is 1. The third-order valence-electron chi connectivity index (χ3n) is 11.9. The van der Waals surface area contributed by atoms with Crippen molar-refractivity contribution >= 4 is 35.2 Å². The number of ketones is 1. The van der Waals surface area contributed by atoms with Gasteiger partial charge in [-0.15, -0.1) is 11.6 Å². The zero-order valence-corrected chi connectivity index (χ0v) is 25.1. The molecule has 1 saturated heterocycles. The molecule has 4 fully saturated rings. The van der Waals surface area contributed by atoms with Crippen LogP contribution in [0, 0.1) is 51.8 Å². The maximum absolute atomic E-state index is 14.2. The highest BCUT2D eigenvalue weighted by atomic mass is 35.5. The predicted octanol–water partition coefficient (Wildman–Crippen LogP) is 5.95. The fourth-order valence-electron chi connectivity index (χ4n) is 10.3. The lowest BCUT2D eigenvalue weighted by molar-refractivity contribution is -0.196. The molecule has 0 aromatic heterocycles. The number of Topliss-reactive ketones (excluding diaryl/α,β-unsaturated/α-hetero) is 1. The Morgan fingerprint density at radius 2 is 1.82 bits per heavy atom. The highest BCUT2D eigenvalue weighted by Crippen LogP contribution is 2.74. The molecule has 7 heteroatoms. The number of rotatable bonds is 9. The SMILES string of the molecule is COC(=O)C1(C)CCCC2(C)C1CCC13C=C(C(C)C)C(CC21)C1C(=O)N(CCCCCC(=O)CCl)C(=O)C13. The first-order valence-corrected chi connectivity index (χ1v) is 15.7. The summed E-state index contributed by atoms with van der Waals surface area (Å²) in [6.45, 7) is 9.35. The molecule has 1 spiro atoms. The van der Waals surface area contributed by atoms with E-state index in [1.807, 2.05) is 0 Å². The molecule has 1 aliphatic heterocycles. The van der Waals surface area contributed by atoms with Crippen LogP contribution in [0.25, 0.3) is 0 Å². The van der Waals surface area contributed by atoms with Gasteiger partial charge in [-0.05, 0) is 81.0 Å². The number of ether oxygens (including phenoxy) is 1. The largest absolute Gasteiger partial charge is 0.469 e. The van der Waals surface area contributed by atoms with Crippen LogP contribution in [0.3, 0.4) is 0 Å². The molecule has 2 amide bonds. The predicted molar refractivity (Wildman–Crippen MR) is 150 cm³/mol. The molecule has 5 aliphatic carbocycles. The Morgan fingerprint density at radius 3 is 2.49 bits per heavy atom. The monoisotopic (exact) mass is 559 g/mol. The van der Waals surface area contributed by atoms with Crippen LogP contribution >= 0.6 is 11.6 Å². The van der Waals surface area contributed by atoms with E-state index < -0.39 is 5.41 Å². The number of nitrogens with zero attached hydrogens (tertiary/aromatic N) is 1. The van der Waals surface area contributed by atoms with Crippen molar-refractivity contribution < 1.29 is 23.9 Å². The van der Waals surface area contributed by atoms with Crippen LogP contribution in [-0.2, 0) is 23.9 Å². The number of carbonyl (C=O) groups is 4. The summed E-state index contributed by atoms with van der Waals surface area (Å²) in [6.07, 6.45) is 10.7. The van der Waals surface area contributed by atoms with Gasteiger partial charge in [-0.1, -0.05) is 45.3 Å². The minimum Gasteiger partial charge on any atom is -0.469 e. The molecule has 6 aliphatic rings. The summed E-state index contributed by atoms with van der Waals surface area (Å²) < 4.78 is 5.34. The normalized spacial score (nSPS) is 40.7. The Hall–Kier alpha value is -1.69. The fourth-order valence-corrected chi connectivity index (χ4v) is 10.4. The molecule has 6 nitrogen and oxygen atoms in total. The summed E-state index contributed by atoms with van der Waals surface area (Å²) in [4.78, 5) is 54.3. The third kappa shape index (κ3) is 4.16. The Kier molecular flexibility index (Phi) is 7.61. The van der Waals surface area contributed by atoms with Crippen molar-refractivity contribution in [2.24, 2.45) is 51.8 Å². The average molecular weight is 560 g/mol. The van der Waals surface area contributed by atoms with Crippen molar-refractivity contribution in [3.8, 4) is 0 Å². The number of halogens is 1. The summed E-state index contributed by atoms with van der Waals surface area (Å²) in [7, 11) is 1.50. The molecule has 6 rings (SSSR count). The van der Waals surface area contributed by atoms with Crippen LogP contribution in [0.5, 0.6) is 0 Å². The lowest BCUT2D eigenvalue weighted by Crippen LogP contribution is -2.65. The van der Waals surface area contributed by atoms with Gasteiger partial charge >= 0.3 is 5.97 Å². The smallest absolute Gasteiger partial charge is 0.311 e. The van der Waals surface area contributed by atoms with Gasteiger partial charge in [0.05, 0.1) is 30.2 Å². The van der Waals surface area contributed by atoms with Gasteiger partial charge < -0.3 is 4.74 Å². The van der Waals surface area contributed by atoms with Gasteiger partial charge in [0.25, 0.3) is 0 Å². The maximum atomic E-state index is 14.2. The summed E-state index contributed by atoms with van der Waals surface area (Å²) in [6, 6.07) is 0. The number of amides is 2. The van der Waals surface area contributed by atoms with Crippen molar-refractivity contribution in [1.29, 1.82) is 0 Å². The summed E-state index contributed by atoms with van der Waals surface area (Å²) in [5, 5.41) is 0. The minimum absolute atomic E-state index is 0.0178. The Balaban J connectivity index is 1.45. The molecular formula is C32H46ClNO5. The van der Waals surface area contributed by atoms with Crippen LogP contribution in [0.1, 0.15) is 91.9 Å². The molecule has 8 atom stereocenters. The zero-order valence-electron chi connectivity index (χ0n) is 24.4. The standard InChI is InChI=1S/C32H46ClNO5/c1-19(2)22-17-32-14-11-23-30(3,12-9-13-31(23,4)29(38)39-5)24(32)16-21(22)25-26(32)28(37)34(27(25)36)15-8-6-7-10-20(35)18-33/h17,19,21,23-26H,6-16,18H2,1-5H3. The number of alkyl halides is 1. The second kappa shape index (κ2) is 10.3. The number of allylic oxidation sites excluding steroid dienone is 2. The molecule has 39 heavy (non-hydrogen) atoms. The first-order valence-electron chi connectivity index (χ1n) is 15.2. The summed E-state index contributed by atoms with van der Waals surface area (Å²) >= 11 is 5.61. The fraction of sp³-hybridized carbons (Fsp3) is 0.812. The van der Waals surface area contributed by atoms with Crippen LogP contribution in [0.2, 0.25) is 0 Å². The first kappa shape index (κ1) is 28.8. The van der Waals surface area contributed by atoms with Crippen molar-refractivity contribution in [1.82, 2.24) is 4.90 Å². The molecule has 0 aromatic carbocycles. The Morgan fingerprint density at radius 1 is 1.08 bits per heavy atom. The second-order valence-electron chi connectivity index (χ2n) is 14.0. The molecule has 0 aromatic rings. The van der Waals surface area contributed by atoms with E-state index >= 15 is 0 Å². The number of unbranched alkanes of at least 4 members (excludes halogenated alkanes) is 2. The highest BCUT2D eigenvalue weighted by molar-refractivity contribution is 6.27. The van der Waals surface area contributed by atoms with Crippen LogP contribution in [-0.4, -0.2) is 48.0 Å². The van der Waals surface area contributed by atoms with E-state index in [1.54, 1.807) is 4.90 Å². The van der Waals surface area contributed by atoms with E-state index in [0.29, 0.717) is 18.9 Å². The number of methoxy groups -OCH3 is 1. The van der Waals surface area contributed by atoms with E-state index in [4.69, 9.17) is 16.3 Å². The number of carbonyl (C=O) groups excluding carboxylic acids is 4. The van der Waals surface area contributed by atoms with Gasteiger partial charge in [-0.3, -0.25) is 24.1 Å². The average Bonchev–Trinajstić information content (AvgIpc) is 3.18. The molecule has 0 N–H and O–H groups in total. The molecule has 8 unspecified atom stereocenters.